The lowest BCUT2D eigenvalue weighted by molar-refractivity contribution is -0.139. The lowest BCUT2D eigenvalue weighted by atomic mass is 10.1. The number of carbonyl (C=O) groups is 2. The molecule has 42 heavy (non-hydrogen) atoms. The number of amides is 2. The highest BCUT2D eigenvalue weighted by atomic mass is 32.2. The second-order valence-electron chi connectivity index (χ2n) is 10.6. The topological polar surface area (TPSA) is 96.0 Å². The van der Waals surface area contributed by atoms with E-state index in [0.29, 0.717) is 12.4 Å². The van der Waals surface area contributed by atoms with E-state index in [9.17, 15) is 22.4 Å². The van der Waals surface area contributed by atoms with Crippen molar-refractivity contribution >= 4 is 27.5 Å². The molecular formula is C32H38FN3O5S. The molecule has 0 unspecified atom stereocenters. The van der Waals surface area contributed by atoms with Crippen molar-refractivity contribution in [2.45, 2.75) is 70.0 Å². The molecule has 1 aliphatic rings. The lowest BCUT2D eigenvalue weighted by Gasteiger charge is -2.32. The number of anilines is 1. The van der Waals surface area contributed by atoms with Gasteiger partial charge < -0.3 is 15.0 Å². The maximum atomic E-state index is 14.0. The van der Waals surface area contributed by atoms with Crippen LogP contribution >= 0.6 is 0 Å². The molecule has 1 atom stereocenters. The van der Waals surface area contributed by atoms with Crippen LogP contribution in [0, 0.1) is 12.7 Å². The molecule has 1 saturated carbocycles. The minimum atomic E-state index is -4.29. The predicted molar refractivity (Wildman–Crippen MR) is 160 cm³/mol. The van der Waals surface area contributed by atoms with E-state index in [1.165, 1.54) is 17.0 Å². The number of rotatable bonds is 12. The summed E-state index contributed by atoms with van der Waals surface area (Å²) in [5.41, 5.74) is 2.09. The fourth-order valence-electron chi connectivity index (χ4n) is 5.00. The standard InChI is InChI=1S/C32H38FN3O5S/c1-4-41-29-17-15-28(16-18-29)36(42(39,40)30-19-13-26(33)14-20-30)22-31(37)35(21-25-11-9-23(2)10-12-25)24(3)32(38)34-27-7-5-6-8-27/h9-20,24,27H,4-8,21-22H2,1-3H3,(H,34,38)/t24-/m0/s1. The number of aryl methyl sites for hydroxylation is 1. The summed E-state index contributed by atoms with van der Waals surface area (Å²) in [6.07, 6.45) is 3.88. The van der Waals surface area contributed by atoms with Gasteiger partial charge in [-0.05, 0) is 87.7 Å². The van der Waals surface area contributed by atoms with E-state index in [0.717, 1.165) is 53.2 Å². The van der Waals surface area contributed by atoms with Gasteiger partial charge in [0.15, 0.2) is 0 Å². The maximum absolute atomic E-state index is 14.0. The molecule has 0 aromatic heterocycles. The van der Waals surface area contributed by atoms with Crippen molar-refractivity contribution < 1.29 is 27.1 Å². The minimum Gasteiger partial charge on any atom is -0.494 e. The molecule has 0 heterocycles. The maximum Gasteiger partial charge on any atom is 0.264 e. The molecule has 1 N–H and O–H groups in total. The Morgan fingerprint density at radius 3 is 2.19 bits per heavy atom. The van der Waals surface area contributed by atoms with Crippen molar-refractivity contribution in [2.75, 3.05) is 17.5 Å². The number of hydrogen-bond donors (Lipinski definition) is 1. The van der Waals surface area contributed by atoms with E-state index in [2.05, 4.69) is 5.32 Å². The van der Waals surface area contributed by atoms with E-state index < -0.39 is 34.3 Å². The largest absolute Gasteiger partial charge is 0.494 e. The molecule has 4 rings (SSSR count). The predicted octanol–water partition coefficient (Wildman–Crippen LogP) is 5.20. The van der Waals surface area contributed by atoms with Crippen LogP contribution in [0.4, 0.5) is 10.1 Å². The molecule has 2 amide bonds. The molecule has 224 valence electrons. The van der Waals surface area contributed by atoms with Crippen LogP contribution in [-0.4, -0.2) is 50.4 Å². The number of carbonyl (C=O) groups excluding carboxylic acids is 2. The summed E-state index contributed by atoms with van der Waals surface area (Å²) < 4.78 is 47.9. The summed E-state index contributed by atoms with van der Waals surface area (Å²) in [6.45, 7) is 5.44. The molecule has 1 aliphatic carbocycles. The van der Waals surface area contributed by atoms with Crippen molar-refractivity contribution in [3.8, 4) is 5.75 Å². The van der Waals surface area contributed by atoms with Gasteiger partial charge in [-0.2, -0.15) is 0 Å². The third-order valence-corrected chi connectivity index (χ3v) is 9.25. The van der Waals surface area contributed by atoms with Crippen molar-refractivity contribution in [3.05, 3.63) is 89.7 Å². The summed E-state index contributed by atoms with van der Waals surface area (Å²) in [5.74, 6) is -0.866. The van der Waals surface area contributed by atoms with Crippen LogP contribution in [-0.2, 0) is 26.2 Å². The zero-order valence-corrected chi connectivity index (χ0v) is 25.1. The third-order valence-electron chi connectivity index (χ3n) is 7.46. The second-order valence-corrected chi connectivity index (χ2v) is 12.4. The first-order chi connectivity index (χ1) is 20.1. The Morgan fingerprint density at radius 1 is 0.976 bits per heavy atom. The van der Waals surface area contributed by atoms with Crippen LogP contribution < -0.4 is 14.4 Å². The van der Waals surface area contributed by atoms with Crippen LogP contribution in [0.3, 0.4) is 0 Å². The molecule has 0 aliphatic heterocycles. The zero-order chi connectivity index (χ0) is 30.3. The van der Waals surface area contributed by atoms with Crippen molar-refractivity contribution in [3.63, 3.8) is 0 Å². The van der Waals surface area contributed by atoms with Gasteiger partial charge in [0.05, 0.1) is 17.2 Å². The van der Waals surface area contributed by atoms with E-state index in [-0.39, 0.29) is 29.1 Å². The van der Waals surface area contributed by atoms with E-state index in [1.54, 1.807) is 31.2 Å². The Hall–Kier alpha value is -3.92. The first-order valence-corrected chi connectivity index (χ1v) is 15.7. The van der Waals surface area contributed by atoms with Crippen LogP contribution in [0.5, 0.6) is 5.75 Å². The Kier molecular flexibility index (Phi) is 10.2. The number of sulfonamides is 1. The number of nitrogens with one attached hydrogen (secondary N) is 1. The molecule has 8 nitrogen and oxygen atoms in total. The molecular weight excluding hydrogens is 557 g/mol. The van der Waals surface area contributed by atoms with Crippen molar-refractivity contribution in [2.24, 2.45) is 0 Å². The number of benzene rings is 3. The fourth-order valence-corrected chi connectivity index (χ4v) is 6.42. The van der Waals surface area contributed by atoms with Crippen LogP contribution in [0.1, 0.15) is 50.7 Å². The van der Waals surface area contributed by atoms with Gasteiger partial charge in [-0.1, -0.05) is 42.7 Å². The summed E-state index contributed by atoms with van der Waals surface area (Å²) in [4.78, 5) is 28.6. The highest BCUT2D eigenvalue weighted by Crippen LogP contribution is 2.27. The Bertz CT molecular complexity index is 1460. The second kappa shape index (κ2) is 13.8. The van der Waals surface area contributed by atoms with E-state index in [4.69, 9.17) is 4.74 Å². The monoisotopic (exact) mass is 595 g/mol. The van der Waals surface area contributed by atoms with Gasteiger partial charge in [-0.3, -0.25) is 13.9 Å². The molecule has 10 heteroatoms. The quantitative estimate of drug-likeness (QED) is 0.310. The normalized spacial score (nSPS) is 14.3. The van der Waals surface area contributed by atoms with Crippen LogP contribution in [0.25, 0.3) is 0 Å². The van der Waals surface area contributed by atoms with Gasteiger partial charge in [0.1, 0.15) is 24.2 Å². The molecule has 0 spiro atoms. The lowest BCUT2D eigenvalue weighted by Crippen LogP contribution is -2.52. The van der Waals surface area contributed by atoms with Gasteiger partial charge in [-0.15, -0.1) is 0 Å². The van der Waals surface area contributed by atoms with Crippen LogP contribution in [0.2, 0.25) is 0 Å². The average Bonchev–Trinajstić information content (AvgIpc) is 3.49. The summed E-state index contributed by atoms with van der Waals surface area (Å²) >= 11 is 0. The molecule has 0 radical (unpaired) electrons. The van der Waals surface area contributed by atoms with Crippen molar-refractivity contribution in [1.82, 2.24) is 10.2 Å². The number of halogens is 1. The first kappa shape index (κ1) is 31.0. The molecule has 3 aromatic carbocycles. The molecule has 0 bridgehead atoms. The summed E-state index contributed by atoms with van der Waals surface area (Å²) in [5, 5.41) is 3.06. The number of ether oxygens (including phenoxy) is 1. The molecule has 1 fully saturated rings. The van der Waals surface area contributed by atoms with Gasteiger partial charge in [-0.25, -0.2) is 12.8 Å². The summed E-state index contributed by atoms with van der Waals surface area (Å²) in [7, 11) is -4.29. The average molecular weight is 596 g/mol. The van der Waals surface area contributed by atoms with Gasteiger partial charge in [0.2, 0.25) is 11.8 Å². The Balaban J connectivity index is 1.68. The van der Waals surface area contributed by atoms with E-state index >= 15 is 0 Å². The number of hydrogen-bond acceptors (Lipinski definition) is 5. The summed E-state index contributed by atoms with van der Waals surface area (Å²) in [6, 6.07) is 17.6. The SMILES string of the molecule is CCOc1ccc(N(CC(=O)N(Cc2ccc(C)cc2)[C@@H](C)C(=O)NC2CCCC2)S(=O)(=O)c2ccc(F)cc2)cc1. The van der Waals surface area contributed by atoms with Gasteiger partial charge >= 0.3 is 0 Å². The first-order valence-electron chi connectivity index (χ1n) is 14.2. The zero-order valence-electron chi connectivity index (χ0n) is 24.3. The Labute approximate surface area is 247 Å². The van der Waals surface area contributed by atoms with Gasteiger partial charge in [0.25, 0.3) is 10.0 Å². The Morgan fingerprint density at radius 2 is 1.60 bits per heavy atom. The van der Waals surface area contributed by atoms with Crippen molar-refractivity contribution in [1.29, 1.82) is 0 Å². The smallest absolute Gasteiger partial charge is 0.264 e. The highest BCUT2D eigenvalue weighted by molar-refractivity contribution is 7.92. The van der Waals surface area contributed by atoms with Gasteiger partial charge in [0, 0.05) is 12.6 Å². The molecule has 0 saturated heterocycles. The molecule has 3 aromatic rings. The van der Waals surface area contributed by atoms with E-state index in [1.807, 2.05) is 38.1 Å². The third kappa shape index (κ3) is 7.67. The van der Waals surface area contributed by atoms with Crippen LogP contribution in [0.15, 0.2) is 77.7 Å². The fraction of sp³-hybridized carbons (Fsp3) is 0.375. The highest BCUT2D eigenvalue weighted by Gasteiger charge is 2.33. The number of nitrogens with zero attached hydrogens (tertiary/aromatic N) is 2. The minimum absolute atomic E-state index is 0.0653.